The van der Waals surface area contributed by atoms with Gasteiger partial charge in [-0.3, -0.25) is 0 Å². The molecule has 0 amide bonds. The number of fused-ring (bicyclic) bond motifs is 1. The van der Waals surface area contributed by atoms with Gasteiger partial charge < -0.3 is 5.32 Å². The van der Waals surface area contributed by atoms with Crippen molar-refractivity contribution in [3.05, 3.63) is 29.8 Å². The Balaban J connectivity index is 2.41. The lowest BCUT2D eigenvalue weighted by Crippen LogP contribution is -2.26. The molecule has 0 bridgehead atoms. The Labute approximate surface area is 67.4 Å². The maximum absolute atomic E-state index is 3.44. The minimum absolute atomic E-state index is 0.222. The van der Waals surface area contributed by atoms with Crippen LogP contribution in [-0.2, 0) is 6.42 Å². The molecule has 57 valence electrons. The van der Waals surface area contributed by atoms with Gasteiger partial charge in [0.2, 0.25) is 0 Å². The summed E-state index contributed by atoms with van der Waals surface area (Å²) >= 11 is 0. The van der Waals surface area contributed by atoms with Crippen molar-refractivity contribution in [3.63, 3.8) is 0 Å². The molecule has 0 atom stereocenters. The number of rotatable bonds is 0. The molecular weight excluding hydrogens is 134 g/mol. The Kier molecular flexibility index (Phi) is 1.22. The van der Waals surface area contributed by atoms with Crippen molar-refractivity contribution in [2.75, 3.05) is 5.32 Å². The standard InChI is InChI=1S/C10H12N/c1-10(2)7-8-5-3-4-6-9(8)11-10/h3-4,6,11H,7H2,1-2H3. The molecule has 0 saturated heterocycles. The Morgan fingerprint density at radius 3 is 3.09 bits per heavy atom. The summed E-state index contributed by atoms with van der Waals surface area (Å²) in [6, 6.07) is 9.35. The summed E-state index contributed by atoms with van der Waals surface area (Å²) in [5.74, 6) is 0. The monoisotopic (exact) mass is 146 g/mol. The topological polar surface area (TPSA) is 12.0 Å². The van der Waals surface area contributed by atoms with Gasteiger partial charge in [-0.15, -0.1) is 0 Å². The summed E-state index contributed by atoms with van der Waals surface area (Å²) in [7, 11) is 0. The fourth-order valence-electron chi connectivity index (χ4n) is 1.59. The van der Waals surface area contributed by atoms with Gasteiger partial charge in [0.1, 0.15) is 0 Å². The van der Waals surface area contributed by atoms with Crippen LogP contribution in [0, 0.1) is 6.07 Å². The van der Waals surface area contributed by atoms with E-state index in [0.29, 0.717) is 0 Å². The maximum Gasteiger partial charge on any atom is 0.0384 e. The van der Waals surface area contributed by atoms with Crippen LogP contribution in [-0.4, -0.2) is 5.54 Å². The Hall–Kier alpha value is -0.980. The zero-order valence-corrected chi connectivity index (χ0v) is 6.94. The van der Waals surface area contributed by atoms with Crippen LogP contribution in [0.3, 0.4) is 0 Å². The lowest BCUT2D eigenvalue weighted by Gasteiger charge is -2.17. The molecule has 0 spiro atoms. The van der Waals surface area contributed by atoms with Crippen LogP contribution in [0.4, 0.5) is 5.69 Å². The number of hydrogen-bond acceptors (Lipinski definition) is 1. The molecule has 1 aromatic rings. The van der Waals surface area contributed by atoms with E-state index in [1.165, 1.54) is 11.3 Å². The van der Waals surface area contributed by atoms with Gasteiger partial charge in [-0.25, -0.2) is 0 Å². The van der Waals surface area contributed by atoms with E-state index in [2.05, 4.69) is 31.3 Å². The molecule has 1 aliphatic rings. The van der Waals surface area contributed by atoms with Crippen LogP contribution in [0.1, 0.15) is 19.4 Å². The second-order valence-electron chi connectivity index (χ2n) is 3.75. The Morgan fingerprint density at radius 1 is 1.55 bits per heavy atom. The van der Waals surface area contributed by atoms with Crippen LogP contribution in [0.25, 0.3) is 0 Å². The number of benzene rings is 1. The van der Waals surface area contributed by atoms with Crippen LogP contribution in [0.2, 0.25) is 0 Å². The van der Waals surface area contributed by atoms with Gasteiger partial charge >= 0.3 is 0 Å². The molecule has 1 aliphatic heterocycles. The quantitative estimate of drug-likeness (QED) is 0.592. The molecular formula is C10H12N. The van der Waals surface area contributed by atoms with Gasteiger partial charge in [0.15, 0.2) is 0 Å². The first-order valence-corrected chi connectivity index (χ1v) is 3.95. The van der Waals surface area contributed by atoms with Crippen molar-refractivity contribution in [2.45, 2.75) is 25.8 Å². The van der Waals surface area contributed by atoms with E-state index in [9.17, 15) is 0 Å². The Morgan fingerprint density at radius 2 is 2.36 bits per heavy atom. The zero-order chi connectivity index (χ0) is 7.90. The van der Waals surface area contributed by atoms with E-state index >= 15 is 0 Å². The summed E-state index contributed by atoms with van der Waals surface area (Å²) in [6.45, 7) is 4.42. The second-order valence-corrected chi connectivity index (χ2v) is 3.75. The van der Waals surface area contributed by atoms with E-state index < -0.39 is 0 Å². The van der Waals surface area contributed by atoms with E-state index in [1.54, 1.807) is 0 Å². The number of hydrogen-bond donors (Lipinski definition) is 1. The van der Waals surface area contributed by atoms with Crippen molar-refractivity contribution in [2.24, 2.45) is 0 Å². The van der Waals surface area contributed by atoms with Crippen molar-refractivity contribution in [3.8, 4) is 0 Å². The molecule has 1 heteroatoms. The predicted molar refractivity (Wildman–Crippen MR) is 46.7 cm³/mol. The third-order valence-corrected chi connectivity index (χ3v) is 2.03. The molecule has 2 rings (SSSR count). The smallest absolute Gasteiger partial charge is 0.0384 e. The van der Waals surface area contributed by atoms with Gasteiger partial charge in [-0.2, -0.15) is 0 Å². The van der Waals surface area contributed by atoms with E-state index in [4.69, 9.17) is 0 Å². The highest BCUT2D eigenvalue weighted by atomic mass is 15.0. The average molecular weight is 146 g/mol. The van der Waals surface area contributed by atoms with Gasteiger partial charge in [0.25, 0.3) is 0 Å². The SMILES string of the molecule is CC1(C)Cc2[c]cccc2N1. The summed E-state index contributed by atoms with van der Waals surface area (Å²) in [5, 5.41) is 3.44. The summed E-state index contributed by atoms with van der Waals surface area (Å²) in [6.07, 6.45) is 1.09. The first kappa shape index (κ1) is 6.71. The molecule has 0 aromatic heterocycles. The average Bonchev–Trinajstić information content (AvgIpc) is 2.21. The van der Waals surface area contributed by atoms with Crippen LogP contribution >= 0.6 is 0 Å². The highest BCUT2D eigenvalue weighted by Crippen LogP contribution is 2.30. The van der Waals surface area contributed by atoms with Crippen LogP contribution in [0.5, 0.6) is 0 Å². The molecule has 1 N–H and O–H groups in total. The van der Waals surface area contributed by atoms with Crippen LogP contribution in [0.15, 0.2) is 18.2 Å². The fourth-order valence-corrected chi connectivity index (χ4v) is 1.59. The predicted octanol–water partition coefficient (Wildman–Crippen LogP) is 2.23. The van der Waals surface area contributed by atoms with E-state index in [-0.39, 0.29) is 5.54 Å². The molecule has 1 radical (unpaired) electrons. The van der Waals surface area contributed by atoms with Gasteiger partial charge in [0, 0.05) is 11.2 Å². The highest BCUT2D eigenvalue weighted by molar-refractivity contribution is 5.57. The summed E-state index contributed by atoms with van der Waals surface area (Å²) < 4.78 is 0. The molecule has 1 nitrogen and oxygen atoms in total. The van der Waals surface area contributed by atoms with Gasteiger partial charge in [0.05, 0.1) is 0 Å². The summed E-state index contributed by atoms with van der Waals surface area (Å²) in [5.41, 5.74) is 2.79. The molecule has 0 fully saturated rings. The fraction of sp³-hybridized carbons (Fsp3) is 0.400. The van der Waals surface area contributed by atoms with E-state index in [1.807, 2.05) is 12.1 Å². The third kappa shape index (κ3) is 1.11. The van der Waals surface area contributed by atoms with Crippen molar-refractivity contribution >= 4 is 5.69 Å². The van der Waals surface area contributed by atoms with Crippen molar-refractivity contribution in [1.29, 1.82) is 0 Å². The van der Waals surface area contributed by atoms with Gasteiger partial charge in [-0.05, 0) is 38.0 Å². The second kappa shape index (κ2) is 2.00. The Bertz CT molecular complexity index is 249. The largest absolute Gasteiger partial charge is 0.380 e. The molecule has 0 unspecified atom stereocenters. The maximum atomic E-state index is 3.44. The molecule has 0 aliphatic carbocycles. The highest BCUT2D eigenvalue weighted by Gasteiger charge is 2.26. The minimum atomic E-state index is 0.222. The third-order valence-electron chi connectivity index (χ3n) is 2.03. The van der Waals surface area contributed by atoms with Gasteiger partial charge in [-0.1, -0.05) is 12.1 Å². The lowest BCUT2D eigenvalue weighted by molar-refractivity contribution is 0.594. The van der Waals surface area contributed by atoms with Crippen molar-refractivity contribution < 1.29 is 0 Å². The molecule has 1 aromatic carbocycles. The molecule has 11 heavy (non-hydrogen) atoms. The van der Waals surface area contributed by atoms with Crippen molar-refractivity contribution in [1.82, 2.24) is 0 Å². The lowest BCUT2D eigenvalue weighted by atomic mass is 10.0. The normalized spacial score (nSPS) is 19.1. The first-order valence-electron chi connectivity index (χ1n) is 3.95. The first-order chi connectivity index (χ1) is 5.17. The molecule has 0 saturated carbocycles. The van der Waals surface area contributed by atoms with Crippen LogP contribution < -0.4 is 5.32 Å². The zero-order valence-electron chi connectivity index (χ0n) is 6.94. The summed E-state index contributed by atoms with van der Waals surface area (Å²) in [4.78, 5) is 0. The molecule has 1 heterocycles. The number of nitrogens with one attached hydrogen (secondary N) is 1. The number of anilines is 1. The minimum Gasteiger partial charge on any atom is -0.380 e. The van der Waals surface area contributed by atoms with E-state index in [0.717, 1.165) is 6.42 Å².